The van der Waals surface area contributed by atoms with Gasteiger partial charge in [0.15, 0.2) is 0 Å². The fourth-order valence-corrected chi connectivity index (χ4v) is 2.99. The largest absolute Gasteiger partial charge is 0.313 e. The Hall–Kier alpha value is -0.0800. The van der Waals surface area contributed by atoms with Gasteiger partial charge in [-0.05, 0) is 57.9 Å². The third-order valence-corrected chi connectivity index (χ3v) is 4.48. The summed E-state index contributed by atoms with van der Waals surface area (Å²) in [5.41, 5.74) is 0. The number of nitrogens with zero attached hydrogens (tertiary/aromatic N) is 1. The Bertz CT molecular complexity index is 207. The molecule has 2 heteroatoms. The van der Waals surface area contributed by atoms with Gasteiger partial charge in [-0.25, -0.2) is 0 Å². The second kappa shape index (κ2) is 8.16. The fourth-order valence-electron chi connectivity index (χ4n) is 2.99. The summed E-state index contributed by atoms with van der Waals surface area (Å²) in [5, 5.41) is 3.74. The van der Waals surface area contributed by atoms with Crippen molar-refractivity contribution in [3.05, 3.63) is 0 Å². The van der Waals surface area contributed by atoms with Crippen LogP contribution >= 0.6 is 0 Å². The summed E-state index contributed by atoms with van der Waals surface area (Å²) in [6.45, 7) is 11.7. The average molecular weight is 254 g/mol. The Morgan fingerprint density at radius 1 is 1.11 bits per heavy atom. The van der Waals surface area contributed by atoms with Crippen molar-refractivity contribution in [1.82, 2.24) is 10.2 Å². The molecule has 1 unspecified atom stereocenters. The van der Waals surface area contributed by atoms with Gasteiger partial charge in [0.25, 0.3) is 0 Å². The maximum Gasteiger partial charge on any atom is 0.0107 e. The van der Waals surface area contributed by atoms with E-state index in [0.29, 0.717) is 6.04 Å². The molecule has 0 spiro atoms. The van der Waals surface area contributed by atoms with Crippen molar-refractivity contribution in [3.63, 3.8) is 0 Å². The van der Waals surface area contributed by atoms with Gasteiger partial charge in [-0.3, -0.25) is 0 Å². The van der Waals surface area contributed by atoms with Gasteiger partial charge in [0, 0.05) is 25.2 Å². The Balaban J connectivity index is 2.09. The normalized spacial score (nSPS) is 26.8. The van der Waals surface area contributed by atoms with Crippen molar-refractivity contribution in [2.45, 2.75) is 71.9 Å². The Labute approximate surface area is 115 Å². The van der Waals surface area contributed by atoms with E-state index >= 15 is 0 Å². The second-order valence-electron chi connectivity index (χ2n) is 6.87. The summed E-state index contributed by atoms with van der Waals surface area (Å²) < 4.78 is 0. The van der Waals surface area contributed by atoms with E-state index in [9.17, 15) is 0 Å². The van der Waals surface area contributed by atoms with E-state index < -0.39 is 0 Å². The first-order valence-corrected chi connectivity index (χ1v) is 7.92. The number of nitrogens with one attached hydrogen (secondary N) is 1. The van der Waals surface area contributed by atoms with Crippen molar-refractivity contribution in [1.29, 1.82) is 0 Å². The molecule has 0 saturated heterocycles. The monoisotopic (exact) mass is 254 g/mol. The predicted octanol–water partition coefficient (Wildman–Crippen LogP) is 3.52. The first-order chi connectivity index (χ1) is 8.49. The van der Waals surface area contributed by atoms with E-state index in [2.05, 4.69) is 45.0 Å². The lowest BCUT2D eigenvalue weighted by molar-refractivity contribution is 0.219. The van der Waals surface area contributed by atoms with E-state index in [1.807, 2.05) is 0 Å². The van der Waals surface area contributed by atoms with E-state index in [-0.39, 0.29) is 0 Å². The van der Waals surface area contributed by atoms with E-state index in [4.69, 9.17) is 0 Å². The number of likely N-dealkylation sites (N-methyl/N-ethyl adjacent to an activating group) is 1. The SMILES string of the molecule is CC(C)CC(C)N(C)CCNC1CCC(C)CC1. The standard InChI is InChI=1S/C16H34N2/c1-13(2)12-15(4)18(5)11-10-17-16-8-6-14(3)7-9-16/h13-17H,6-12H2,1-5H3. The lowest BCUT2D eigenvalue weighted by Crippen LogP contribution is -2.40. The molecule has 0 radical (unpaired) electrons. The van der Waals surface area contributed by atoms with Crippen LogP contribution < -0.4 is 5.32 Å². The summed E-state index contributed by atoms with van der Waals surface area (Å²) >= 11 is 0. The van der Waals surface area contributed by atoms with Gasteiger partial charge in [-0.15, -0.1) is 0 Å². The lowest BCUT2D eigenvalue weighted by Gasteiger charge is -2.30. The summed E-state index contributed by atoms with van der Waals surface area (Å²) in [6, 6.07) is 1.49. The molecule has 1 aliphatic rings. The molecule has 1 fully saturated rings. The van der Waals surface area contributed by atoms with E-state index in [1.165, 1.54) is 38.6 Å². The highest BCUT2D eigenvalue weighted by Gasteiger charge is 2.17. The van der Waals surface area contributed by atoms with Crippen molar-refractivity contribution >= 4 is 0 Å². The number of rotatable bonds is 7. The van der Waals surface area contributed by atoms with Crippen LogP contribution in [-0.2, 0) is 0 Å². The van der Waals surface area contributed by atoms with Gasteiger partial charge in [0.2, 0.25) is 0 Å². The summed E-state index contributed by atoms with van der Waals surface area (Å²) in [6.07, 6.45) is 6.89. The highest BCUT2D eigenvalue weighted by Crippen LogP contribution is 2.23. The number of hydrogen-bond donors (Lipinski definition) is 1. The quantitative estimate of drug-likeness (QED) is 0.748. The zero-order valence-electron chi connectivity index (χ0n) is 13.2. The molecule has 1 saturated carbocycles. The first kappa shape index (κ1) is 16.0. The third kappa shape index (κ3) is 6.19. The maximum absolute atomic E-state index is 3.74. The fraction of sp³-hybridized carbons (Fsp3) is 1.00. The van der Waals surface area contributed by atoms with Gasteiger partial charge in [0.05, 0.1) is 0 Å². The van der Waals surface area contributed by atoms with Crippen LogP contribution in [0.1, 0.15) is 59.8 Å². The first-order valence-electron chi connectivity index (χ1n) is 7.92. The molecule has 1 N–H and O–H groups in total. The van der Waals surface area contributed by atoms with Crippen molar-refractivity contribution in [2.75, 3.05) is 20.1 Å². The molecule has 1 atom stereocenters. The lowest BCUT2D eigenvalue weighted by atomic mass is 9.87. The smallest absolute Gasteiger partial charge is 0.0107 e. The van der Waals surface area contributed by atoms with Crippen LogP contribution in [0.25, 0.3) is 0 Å². The molecule has 2 nitrogen and oxygen atoms in total. The molecule has 0 aliphatic heterocycles. The average Bonchev–Trinajstić information content (AvgIpc) is 2.30. The van der Waals surface area contributed by atoms with Gasteiger partial charge < -0.3 is 10.2 Å². The minimum Gasteiger partial charge on any atom is -0.313 e. The van der Waals surface area contributed by atoms with Crippen LogP contribution in [0.5, 0.6) is 0 Å². The van der Waals surface area contributed by atoms with E-state index in [1.54, 1.807) is 0 Å². The molecule has 0 amide bonds. The minimum atomic E-state index is 0.707. The Morgan fingerprint density at radius 2 is 1.72 bits per heavy atom. The molecule has 0 aromatic rings. The van der Waals surface area contributed by atoms with Crippen molar-refractivity contribution in [3.8, 4) is 0 Å². The zero-order valence-corrected chi connectivity index (χ0v) is 13.2. The molecule has 1 rings (SSSR count). The molecule has 0 aromatic heterocycles. The highest BCUT2D eigenvalue weighted by atomic mass is 15.1. The van der Waals surface area contributed by atoms with Crippen LogP contribution in [0.2, 0.25) is 0 Å². The van der Waals surface area contributed by atoms with Crippen LogP contribution in [0, 0.1) is 11.8 Å². The highest BCUT2D eigenvalue weighted by molar-refractivity contribution is 4.76. The summed E-state index contributed by atoms with van der Waals surface area (Å²) in [5.74, 6) is 1.76. The Morgan fingerprint density at radius 3 is 2.28 bits per heavy atom. The topological polar surface area (TPSA) is 15.3 Å². The number of hydrogen-bond acceptors (Lipinski definition) is 2. The van der Waals surface area contributed by atoms with Gasteiger partial charge >= 0.3 is 0 Å². The molecule has 0 heterocycles. The van der Waals surface area contributed by atoms with Crippen molar-refractivity contribution in [2.24, 2.45) is 11.8 Å². The third-order valence-electron chi connectivity index (χ3n) is 4.48. The zero-order chi connectivity index (χ0) is 13.5. The summed E-state index contributed by atoms with van der Waals surface area (Å²) in [7, 11) is 2.26. The van der Waals surface area contributed by atoms with Gasteiger partial charge in [-0.1, -0.05) is 20.8 Å². The predicted molar refractivity (Wildman–Crippen MR) is 81.0 cm³/mol. The molecule has 108 valence electrons. The van der Waals surface area contributed by atoms with Gasteiger partial charge in [0.1, 0.15) is 0 Å². The van der Waals surface area contributed by atoms with E-state index in [0.717, 1.165) is 24.4 Å². The Kier molecular flexibility index (Phi) is 7.25. The van der Waals surface area contributed by atoms with Crippen molar-refractivity contribution < 1.29 is 0 Å². The van der Waals surface area contributed by atoms with Crippen LogP contribution in [-0.4, -0.2) is 37.1 Å². The molecular weight excluding hydrogens is 220 g/mol. The maximum atomic E-state index is 3.74. The van der Waals surface area contributed by atoms with Crippen LogP contribution in [0.3, 0.4) is 0 Å². The molecule has 18 heavy (non-hydrogen) atoms. The summed E-state index contributed by atoms with van der Waals surface area (Å²) in [4.78, 5) is 2.50. The minimum absolute atomic E-state index is 0.707. The van der Waals surface area contributed by atoms with Crippen LogP contribution in [0.15, 0.2) is 0 Å². The molecule has 1 aliphatic carbocycles. The van der Waals surface area contributed by atoms with Gasteiger partial charge in [-0.2, -0.15) is 0 Å². The van der Waals surface area contributed by atoms with Crippen LogP contribution in [0.4, 0.5) is 0 Å². The molecule has 0 aromatic carbocycles. The molecule has 0 bridgehead atoms. The second-order valence-corrected chi connectivity index (χ2v) is 6.87. The molecular formula is C16H34N2.